The summed E-state index contributed by atoms with van der Waals surface area (Å²) in [5, 5.41) is 16.5. The van der Waals surface area contributed by atoms with E-state index in [0.29, 0.717) is 12.4 Å². The molecule has 0 radical (unpaired) electrons. The molecule has 1 fully saturated rings. The minimum atomic E-state index is -0.0468. The predicted octanol–water partition coefficient (Wildman–Crippen LogP) is 0.886. The van der Waals surface area contributed by atoms with E-state index in [4.69, 9.17) is 0 Å². The molecule has 1 amide bonds. The molecule has 1 aliphatic heterocycles. The number of phenolic OH excluding ortho intramolecular Hbond substituents is 1. The standard InChI is InChI=1S/C16H21N5O2/c1-19-6-5-15(18-19)17-16(23)12-20-7-9-21(10-8-20)13-3-2-4-14(22)11-13/h2-6,11,22H,7-10,12H2,1H3,(H,17,18,23). The topological polar surface area (TPSA) is 73.6 Å². The first-order valence-electron chi connectivity index (χ1n) is 7.66. The molecule has 23 heavy (non-hydrogen) atoms. The molecule has 3 rings (SSSR count). The first-order chi connectivity index (χ1) is 11.1. The van der Waals surface area contributed by atoms with Gasteiger partial charge in [0.1, 0.15) is 5.75 Å². The van der Waals surface area contributed by atoms with Crippen molar-refractivity contribution in [3.05, 3.63) is 36.5 Å². The summed E-state index contributed by atoms with van der Waals surface area (Å²) in [5.41, 5.74) is 1.02. The Morgan fingerprint density at radius 3 is 2.70 bits per heavy atom. The zero-order valence-electron chi connectivity index (χ0n) is 13.1. The number of aromatic nitrogens is 2. The van der Waals surface area contributed by atoms with Gasteiger partial charge < -0.3 is 15.3 Å². The SMILES string of the molecule is Cn1ccc(NC(=O)CN2CCN(c3cccc(O)c3)CC2)n1. The van der Waals surface area contributed by atoms with E-state index >= 15 is 0 Å². The van der Waals surface area contributed by atoms with Crippen LogP contribution in [0.4, 0.5) is 11.5 Å². The molecule has 7 heteroatoms. The van der Waals surface area contributed by atoms with Gasteiger partial charge in [-0.2, -0.15) is 5.10 Å². The molecule has 1 saturated heterocycles. The number of hydrogen-bond acceptors (Lipinski definition) is 5. The molecule has 0 spiro atoms. The smallest absolute Gasteiger partial charge is 0.239 e. The fraction of sp³-hybridized carbons (Fsp3) is 0.375. The number of aryl methyl sites for hydroxylation is 1. The van der Waals surface area contributed by atoms with Crippen LogP contribution in [-0.2, 0) is 11.8 Å². The first-order valence-corrected chi connectivity index (χ1v) is 7.66. The van der Waals surface area contributed by atoms with Gasteiger partial charge in [0.05, 0.1) is 6.54 Å². The molecule has 0 atom stereocenters. The second-order valence-corrected chi connectivity index (χ2v) is 5.71. The summed E-state index contributed by atoms with van der Waals surface area (Å²) < 4.78 is 1.66. The Hall–Kier alpha value is -2.54. The molecule has 2 aromatic rings. The number of amides is 1. The summed E-state index contributed by atoms with van der Waals surface area (Å²) in [6.45, 7) is 3.65. The number of nitrogens with zero attached hydrogens (tertiary/aromatic N) is 4. The molecule has 1 aliphatic rings. The molecular formula is C16H21N5O2. The van der Waals surface area contributed by atoms with Gasteiger partial charge in [0.2, 0.25) is 5.91 Å². The Balaban J connectivity index is 1.48. The van der Waals surface area contributed by atoms with Crippen molar-refractivity contribution < 1.29 is 9.90 Å². The highest BCUT2D eigenvalue weighted by Gasteiger charge is 2.19. The number of benzene rings is 1. The summed E-state index contributed by atoms with van der Waals surface area (Å²) in [6, 6.07) is 9.05. The highest BCUT2D eigenvalue weighted by Crippen LogP contribution is 2.21. The fourth-order valence-electron chi connectivity index (χ4n) is 2.72. The van der Waals surface area contributed by atoms with E-state index in [2.05, 4.69) is 20.2 Å². The Morgan fingerprint density at radius 1 is 1.26 bits per heavy atom. The van der Waals surface area contributed by atoms with Gasteiger partial charge in [0.25, 0.3) is 0 Å². The third kappa shape index (κ3) is 4.01. The van der Waals surface area contributed by atoms with Crippen LogP contribution in [0.5, 0.6) is 5.75 Å². The summed E-state index contributed by atoms with van der Waals surface area (Å²) in [5.74, 6) is 0.810. The lowest BCUT2D eigenvalue weighted by Crippen LogP contribution is -2.48. The highest BCUT2D eigenvalue weighted by atomic mass is 16.3. The normalized spacial score (nSPS) is 15.6. The van der Waals surface area contributed by atoms with E-state index in [9.17, 15) is 9.90 Å². The number of piperazine rings is 1. The number of rotatable bonds is 4. The molecule has 1 aromatic heterocycles. The average molecular weight is 315 g/mol. The lowest BCUT2D eigenvalue weighted by molar-refractivity contribution is -0.117. The number of carbonyl (C=O) groups is 1. The van der Waals surface area contributed by atoms with Gasteiger partial charge in [0, 0.05) is 57.2 Å². The molecule has 0 aliphatic carbocycles. The van der Waals surface area contributed by atoms with Crippen molar-refractivity contribution in [2.75, 3.05) is 42.9 Å². The van der Waals surface area contributed by atoms with E-state index in [-0.39, 0.29) is 11.7 Å². The number of phenols is 1. The second-order valence-electron chi connectivity index (χ2n) is 5.71. The molecule has 0 bridgehead atoms. The third-order valence-electron chi connectivity index (χ3n) is 3.92. The minimum absolute atomic E-state index is 0.0468. The molecule has 122 valence electrons. The van der Waals surface area contributed by atoms with Crippen molar-refractivity contribution in [2.24, 2.45) is 7.05 Å². The van der Waals surface area contributed by atoms with Crippen LogP contribution in [0.2, 0.25) is 0 Å². The third-order valence-corrected chi connectivity index (χ3v) is 3.92. The van der Waals surface area contributed by atoms with Gasteiger partial charge in [-0.1, -0.05) is 6.07 Å². The van der Waals surface area contributed by atoms with Crippen molar-refractivity contribution in [1.29, 1.82) is 0 Å². The van der Waals surface area contributed by atoms with Crippen molar-refractivity contribution >= 4 is 17.4 Å². The van der Waals surface area contributed by atoms with Crippen molar-refractivity contribution in [2.45, 2.75) is 0 Å². The first kappa shape index (κ1) is 15.4. The number of aromatic hydroxyl groups is 1. The quantitative estimate of drug-likeness (QED) is 0.876. The van der Waals surface area contributed by atoms with Gasteiger partial charge >= 0.3 is 0 Å². The van der Waals surface area contributed by atoms with E-state index in [1.165, 1.54) is 0 Å². The summed E-state index contributed by atoms with van der Waals surface area (Å²) >= 11 is 0. The van der Waals surface area contributed by atoms with Crippen LogP contribution in [0.25, 0.3) is 0 Å². The largest absolute Gasteiger partial charge is 0.508 e. The van der Waals surface area contributed by atoms with Crippen molar-refractivity contribution in [1.82, 2.24) is 14.7 Å². The lowest BCUT2D eigenvalue weighted by Gasteiger charge is -2.35. The predicted molar refractivity (Wildman–Crippen MR) is 88.6 cm³/mol. The van der Waals surface area contributed by atoms with Gasteiger partial charge in [-0.25, -0.2) is 0 Å². The average Bonchev–Trinajstić information content (AvgIpc) is 2.93. The second kappa shape index (κ2) is 6.70. The molecule has 7 nitrogen and oxygen atoms in total. The Bertz CT molecular complexity index is 677. The maximum absolute atomic E-state index is 12.0. The fourth-order valence-corrected chi connectivity index (χ4v) is 2.72. The molecule has 0 unspecified atom stereocenters. The van der Waals surface area contributed by atoms with Gasteiger partial charge in [0.15, 0.2) is 5.82 Å². The number of carbonyl (C=O) groups excluding carboxylic acids is 1. The van der Waals surface area contributed by atoms with Crippen LogP contribution in [-0.4, -0.2) is 58.4 Å². The van der Waals surface area contributed by atoms with Crippen LogP contribution in [0, 0.1) is 0 Å². The number of hydrogen-bond donors (Lipinski definition) is 2. The van der Waals surface area contributed by atoms with Crippen LogP contribution in [0.1, 0.15) is 0 Å². The summed E-state index contributed by atoms with van der Waals surface area (Å²) in [4.78, 5) is 16.4. The summed E-state index contributed by atoms with van der Waals surface area (Å²) in [6.07, 6.45) is 1.80. The van der Waals surface area contributed by atoms with Gasteiger partial charge in [-0.3, -0.25) is 14.4 Å². The van der Waals surface area contributed by atoms with E-state index in [1.807, 2.05) is 19.2 Å². The molecule has 0 saturated carbocycles. The summed E-state index contributed by atoms with van der Waals surface area (Å²) in [7, 11) is 1.82. The lowest BCUT2D eigenvalue weighted by atomic mass is 10.2. The van der Waals surface area contributed by atoms with Crippen LogP contribution in [0.15, 0.2) is 36.5 Å². The van der Waals surface area contributed by atoms with Crippen LogP contribution in [0.3, 0.4) is 0 Å². The number of anilines is 2. The maximum Gasteiger partial charge on any atom is 0.239 e. The van der Waals surface area contributed by atoms with Crippen LogP contribution >= 0.6 is 0 Å². The monoisotopic (exact) mass is 315 g/mol. The van der Waals surface area contributed by atoms with E-state index in [1.54, 1.807) is 29.1 Å². The van der Waals surface area contributed by atoms with Crippen molar-refractivity contribution in [3.63, 3.8) is 0 Å². The minimum Gasteiger partial charge on any atom is -0.508 e. The molecule has 2 N–H and O–H groups in total. The zero-order valence-corrected chi connectivity index (χ0v) is 13.1. The molecule has 2 heterocycles. The van der Waals surface area contributed by atoms with Crippen LogP contribution < -0.4 is 10.2 Å². The maximum atomic E-state index is 12.0. The molecular weight excluding hydrogens is 294 g/mol. The van der Waals surface area contributed by atoms with Gasteiger partial charge in [-0.15, -0.1) is 0 Å². The Morgan fingerprint density at radius 2 is 2.04 bits per heavy atom. The Labute approximate surface area is 135 Å². The highest BCUT2D eigenvalue weighted by molar-refractivity contribution is 5.91. The zero-order chi connectivity index (χ0) is 16.2. The van der Waals surface area contributed by atoms with E-state index in [0.717, 1.165) is 31.9 Å². The van der Waals surface area contributed by atoms with Crippen molar-refractivity contribution in [3.8, 4) is 5.75 Å². The molecule has 1 aromatic carbocycles. The van der Waals surface area contributed by atoms with Gasteiger partial charge in [-0.05, 0) is 12.1 Å². The van der Waals surface area contributed by atoms with E-state index < -0.39 is 0 Å². The number of nitrogens with one attached hydrogen (secondary N) is 1. The Kier molecular flexibility index (Phi) is 4.47.